The van der Waals surface area contributed by atoms with Crippen LogP contribution >= 0.6 is 11.8 Å². The van der Waals surface area contributed by atoms with Crippen LogP contribution in [-0.4, -0.2) is 52.9 Å². The van der Waals surface area contributed by atoms with E-state index in [1.807, 2.05) is 0 Å². The lowest BCUT2D eigenvalue weighted by atomic mass is 10.2. The van der Waals surface area contributed by atoms with Crippen LogP contribution in [0.15, 0.2) is 30.3 Å². The Bertz CT molecular complexity index is 579. The minimum absolute atomic E-state index is 0.125. The first-order valence-corrected chi connectivity index (χ1v) is 7.63. The lowest BCUT2D eigenvalue weighted by Gasteiger charge is -2.14. The first-order chi connectivity index (χ1) is 10.9. The molecule has 0 spiro atoms. The highest BCUT2D eigenvalue weighted by Gasteiger charge is 2.22. The summed E-state index contributed by atoms with van der Waals surface area (Å²) in [4.78, 5) is 45.5. The summed E-state index contributed by atoms with van der Waals surface area (Å²) >= 11 is 0.795. The number of thioether (sulfide) groups is 1. The Morgan fingerprint density at radius 1 is 1.13 bits per heavy atom. The number of rotatable bonds is 8. The molecular weight excluding hydrogens is 322 g/mol. The Labute approximate surface area is 136 Å². The summed E-state index contributed by atoms with van der Waals surface area (Å²) in [6.45, 7) is -0.645. The highest BCUT2D eigenvalue weighted by molar-refractivity contribution is 8.14. The molecule has 1 atom stereocenters. The van der Waals surface area contributed by atoms with Crippen LogP contribution in [0.1, 0.15) is 10.4 Å². The fourth-order valence-corrected chi connectivity index (χ4v) is 2.33. The number of benzene rings is 1. The van der Waals surface area contributed by atoms with E-state index in [2.05, 4.69) is 10.6 Å². The zero-order valence-electron chi connectivity index (χ0n) is 12.2. The van der Waals surface area contributed by atoms with Gasteiger partial charge in [-0.1, -0.05) is 42.1 Å². The topological polar surface area (TPSA) is 139 Å². The molecule has 0 bridgehead atoms. The highest BCUT2D eigenvalue weighted by Crippen LogP contribution is 2.13. The van der Waals surface area contributed by atoms with Crippen molar-refractivity contribution in [2.45, 2.75) is 6.04 Å². The van der Waals surface area contributed by atoms with E-state index < -0.39 is 23.8 Å². The lowest BCUT2D eigenvalue weighted by molar-refractivity contribution is -0.141. The van der Waals surface area contributed by atoms with Crippen LogP contribution in [0.4, 0.5) is 0 Å². The van der Waals surface area contributed by atoms with Crippen LogP contribution < -0.4 is 16.4 Å². The third kappa shape index (κ3) is 6.94. The maximum Gasteiger partial charge on any atom is 0.327 e. The first kappa shape index (κ1) is 18.7. The highest BCUT2D eigenvalue weighted by atomic mass is 32.2. The van der Waals surface area contributed by atoms with Crippen molar-refractivity contribution in [3.8, 4) is 0 Å². The zero-order chi connectivity index (χ0) is 17.2. The second-order valence-corrected chi connectivity index (χ2v) is 5.40. The Hall–Kier alpha value is -2.39. The minimum atomic E-state index is -1.27. The number of carbonyl (C=O) groups excluding carboxylic acids is 3. The number of carboxylic acid groups (broad SMARTS) is 1. The van der Waals surface area contributed by atoms with Crippen molar-refractivity contribution < 1.29 is 24.3 Å². The molecule has 0 heterocycles. The number of carbonyl (C=O) groups is 4. The normalized spacial score (nSPS) is 11.3. The molecule has 9 heteroatoms. The van der Waals surface area contributed by atoms with Crippen molar-refractivity contribution in [1.82, 2.24) is 10.6 Å². The third-order valence-electron chi connectivity index (χ3n) is 2.66. The second kappa shape index (κ2) is 9.59. The molecule has 0 fully saturated rings. The van der Waals surface area contributed by atoms with Crippen molar-refractivity contribution in [3.63, 3.8) is 0 Å². The molecule has 1 rings (SSSR count). The Kier molecular flexibility index (Phi) is 7.78. The molecule has 0 radical (unpaired) electrons. The molecule has 0 saturated heterocycles. The van der Waals surface area contributed by atoms with Gasteiger partial charge < -0.3 is 21.5 Å². The van der Waals surface area contributed by atoms with E-state index in [0.29, 0.717) is 5.56 Å². The molecule has 8 nitrogen and oxygen atoms in total. The van der Waals surface area contributed by atoms with Gasteiger partial charge in [0, 0.05) is 11.3 Å². The van der Waals surface area contributed by atoms with Crippen molar-refractivity contribution >= 4 is 34.7 Å². The SMILES string of the molecule is NCC(=O)NCC(=O)NC(CSC(=O)c1ccccc1)C(=O)O. The third-order valence-corrected chi connectivity index (χ3v) is 3.65. The molecule has 2 amide bonds. The standard InChI is InChI=1S/C14H17N3O5S/c15-6-11(18)16-7-12(19)17-10(13(20)21)8-23-14(22)9-4-2-1-3-5-9/h1-5,10H,6-8,15H2,(H,16,18)(H,17,19)(H,20,21). The maximum atomic E-state index is 11.9. The van der Waals surface area contributed by atoms with Crippen LogP contribution in [0.25, 0.3) is 0 Å². The summed E-state index contributed by atoms with van der Waals surface area (Å²) in [6, 6.07) is 7.15. The Morgan fingerprint density at radius 3 is 2.35 bits per heavy atom. The van der Waals surface area contributed by atoms with Gasteiger partial charge in [-0.3, -0.25) is 14.4 Å². The van der Waals surface area contributed by atoms with Crippen LogP contribution in [-0.2, 0) is 14.4 Å². The molecule has 5 N–H and O–H groups in total. The van der Waals surface area contributed by atoms with Gasteiger partial charge in [0.15, 0.2) is 0 Å². The van der Waals surface area contributed by atoms with Crippen molar-refractivity contribution in [3.05, 3.63) is 35.9 Å². The van der Waals surface area contributed by atoms with Gasteiger partial charge in [-0.05, 0) is 0 Å². The first-order valence-electron chi connectivity index (χ1n) is 6.65. The van der Waals surface area contributed by atoms with E-state index in [0.717, 1.165) is 11.8 Å². The smallest absolute Gasteiger partial charge is 0.327 e. The monoisotopic (exact) mass is 339 g/mol. The molecule has 0 aromatic heterocycles. The van der Waals surface area contributed by atoms with Crippen LogP contribution in [0, 0.1) is 0 Å². The molecule has 0 aliphatic rings. The summed E-state index contributed by atoms with van der Waals surface area (Å²) in [7, 11) is 0. The van der Waals surface area contributed by atoms with Gasteiger partial charge in [0.2, 0.25) is 16.9 Å². The largest absolute Gasteiger partial charge is 0.480 e. The zero-order valence-corrected chi connectivity index (χ0v) is 13.0. The van der Waals surface area contributed by atoms with Gasteiger partial charge in [0.25, 0.3) is 0 Å². The van der Waals surface area contributed by atoms with Gasteiger partial charge in [-0.25, -0.2) is 4.79 Å². The van der Waals surface area contributed by atoms with Crippen LogP contribution in [0.2, 0.25) is 0 Å². The van der Waals surface area contributed by atoms with E-state index in [4.69, 9.17) is 10.8 Å². The maximum absolute atomic E-state index is 11.9. The van der Waals surface area contributed by atoms with Crippen molar-refractivity contribution in [1.29, 1.82) is 0 Å². The molecule has 0 saturated carbocycles. The van der Waals surface area contributed by atoms with Crippen LogP contribution in [0.3, 0.4) is 0 Å². The second-order valence-electron chi connectivity index (χ2n) is 4.40. The van der Waals surface area contributed by atoms with Crippen molar-refractivity contribution in [2.24, 2.45) is 5.73 Å². The molecule has 0 aliphatic heterocycles. The molecular formula is C14H17N3O5S. The van der Waals surface area contributed by atoms with E-state index in [9.17, 15) is 19.2 Å². The number of amides is 2. The van der Waals surface area contributed by atoms with Crippen LogP contribution in [0.5, 0.6) is 0 Å². The quantitative estimate of drug-likeness (QED) is 0.486. The van der Waals surface area contributed by atoms with Gasteiger partial charge in [-0.15, -0.1) is 0 Å². The lowest BCUT2D eigenvalue weighted by Crippen LogP contribution is -2.47. The fraction of sp³-hybridized carbons (Fsp3) is 0.286. The molecule has 1 aromatic carbocycles. The summed E-state index contributed by atoms with van der Waals surface area (Å²) in [5.74, 6) is -2.59. The summed E-state index contributed by atoms with van der Waals surface area (Å²) < 4.78 is 0. The van der Waals surface area contributed by atoms with Gasteiger partial charge >= 0.3 is 5.97 Å². The number of carboxylic acids is 1. The number of hydrogen-bond acceptors (Lipinski definition) is 6. The van der Waals surface area contributed by atoms with E-state index in [1.165, 1.54) is 0 Å². The predicted molar refractivity (Wildman–Crippen MR) is 84.9 cm³/mol. The summed E-state index contributed by atoms with van der Waals surface area (Å²) in [5.41, 5.74) is 5.51. The number of aliphatic carboxylic acids is 1. The van der Waals surface area contributed by atoms with E-state index >= 15 is 0 Å². The van der Waals surface area contributed by atoms with Gasteiger partial charge in [0.1, 0.15) is 6.04 Å². The molecule has 0 aliphatic carbocycles. The molecule has 23 heavy (non-hydrogen) atoms. The molecule has 1 aromatic rings. The van der Waals surface area contributed by atoms with Gasteiger partial charge in [-0.2, -0.15) is 0 Å². The number of nitrogens with two attached hydrogens (primary N) is 1. The van der Waals surface area contributed by atoms with E-state index in [-0.39, 0.29) is 24.0 Å². The summed E-state index contributed by atoms with van der Waals surface area (Å²) in [6.07, 6.45) is 0. The van der Waals surface area contributed by atoms with Gasteiger partial charge in [0.05, 0.1) is 13.1 Å². The number of nitrogens with one attached hydrogen (secondary N) is 2. The summed E-state index contributed by atoms with van der Waals surface area (Å²) in [5, 5.41) is 13.3. The van der Waals surface area contributed by atoms with E-state index in [1.54, 1.807) is 30.3 Å². The fourth-order valence-electron chi connectivity index (χ4n) is 1.49. The minimum Gasteiger partial charge on any atom is -0.480 e. The Morgan fingerprint density at radius 2 is 1.78 bits per heavy atom. The predicted octanol–water partition coefficient (Wildman–Crippen LogP) is -0.796. The average Bonchev–Trinajstić information content (AvgIpc) is 2.56. The number of hydrogen-bond donors (Lipinski definition) is 4. The molecule has 124 valence electrons. The molecule has 1 unspecified atom stereocenters. The van der Waals surface area contributed by atoms with Crippen molar-refractivity contribution in [2.75, 3.05) is 18.8 Å². The Balaban J connectivity index is 2.49. The average molecular weight is 339 g/mol.